The van der Waals surface area contributed by atoms with Crippen molar-refractivity contribution in [2.45, 2.75) is 315 Å². The molecule has 0 aromatic heterocycles. The van der Waals surface area contributed by atoms with Crippen LogP contribution in [0, 0.1) is 0 Å². The molecule has 9 nitrogen and oxygen atoms in total. The first kappa shape index (κ1) is 86.9. The first-order valence-electron chi connectivity index (χ1n) is 37.1. The maximum Gasteiger partial charge on any atom is 0.306 e. The SMILES string of the molecule is CC/C=C\C/C=C\C/C=C\C/C=C\C/C=C\C/C=C\CCCCCCCCCCC(=O)NC(COP(=O)([O-])OCC[N+](C)(C)C)C(/C=C/CCCCCCCCCCC)OC(=O)CCCCCCCCCCCCC/C=C\C/C=C\C/C=C\C/C=C\C/C=C\CC. The van der Waals surface area contributed by atoms with Gasteiger partial charge in [0.1, 0.15) is 19.3 Å². The summed E-state index contributed by atoms with van der Waals surface area (Å²) in [6.07, 6.45) is 99.8. The van der Waals surface area contributed by atoms with Gasteiger partial charge in [-0.3, -0.25) is 14.2 Å². The zero-order chi connectivity index (χ0) is 66.3. The monoisotopic (exact) mass is 1280 g/mol. The highest BCUT2D eigenvalue weighted by molar-refractivity contribution is 7.45. The molecule has 91 heavy (non-hydrogen) atoms. The van der Waals surface area contributed by atoms with Gasteiger partial charge in [-0.05, 0) is 128 Å². The Bertz CT molecular complexity index is 2070. The minimum Gasteiger partial charge on any atom is -0.756 e. The van der Waals surface area contributed by atoms with Crippen molar-refractivity contribution in [2.24, 2.45) is 0 Å². The molecular formula is C81H139N2O7P. The Hall–Kier alpha value is -4.11. The van der Waals surface area contributed by atoms with E-state index in [9.17, 15) is 19.0 Å². The second-order valence-corrected chi connectivity index (χ2v) is 27.1. The average molecular weight is 1280 g/mol. The summed E-state index contributed by atoms with van der Waals surface area (Å²) in [7, 11) is 1.16. The first-order chi connectivity index (χ1) is 44.4. The Labute approximate surface area is 561 Å². The number of nitrogens with zero attached hydrogens (tertiary/aromatic N) is 1. The van der Waals surface area contributed by atoms with Crippen LogP contribution in [0.2, 0.25) is 0 Å². The molecule has 0 radical (unpaired) electrons. The number of carbonyl (C=O) groups excluding carboxylic acids is 2. The maximum absolute atomic E-state index is 13.6. The van der Waals surface area contributed by atoms with E-state index in [-0.39, 0.29) is 24.9 Å². The molecule has 1 N–H and O–H groups in total. The zero-order valence-corrected chi connectivity index (χ0v) is 60.4. The number of esters is 1. The van der Waals surface area contributed by atoms with Crippen LogP contribution < -0.4 is 10.2 Å². The Morgan fingerprint density at radius 2 is 0.703 bits per heavy atom. The molecule has 3 atom stereocenters. The number of likely N-dealkylation sites (N-methyl/N-ethyl adjacent to an activating group) is 1. The number of hydrogen-bond acceptors (Lipinski definition) is 7. The van der Waals surface area contributed by atoms with Gasteiger partial charge in [0.2, 0.25) is 5.91 Å². The summed E-state index contributed by atoms with van der Waals surface area (Å²) < 4.78 is 30.5. The summed E-state index contributed by atoms with van der Waals surface area (Å²) in [5.74, 6) is -0.558. The van der Waals surface area contributed by atoms with E-state index >= 15 is 0 Å². The van der Waals surface area contributed by atoms with Crippen molar-refractivity contribution < 1.29 is 37.3 Å². The van der Waals surface area contributed by atoms with E-state index in [2.05, 4.69) is 160 Å². The third-order valence-corrected chi connectivity index (χ3v) is 16.7. The molecule has 0 spiro atoms. The molecule has 0 rings (SSSR count). The molecule has 0 aliphatic rings. The largest absolute Gasteiger partial charge is 0.756 e. The first-order valence-corrected chi connectivity index (χ1v) is 38.6. The van der Waals surface area contributed by atoms with Crippen LogP contribution in [0.3, 0.4) is 0 Å². The lowest BCUT2D eigenvalue weighted by molar-refractivity contribution is -0.870. The Balaban J connectivity index is 5.01. The summed E-state index contributed by atoms with van der Waals surface area (Å²) in [6.45, 7) is 6.61. The predicted octanol–water partition coefficient (Wildman–Crippen LogP) is 23.5. The maximum atomic E-state index is 13.6. The van der Waals surface area contributed by atoms with Crippen LogP contribution in [-0.2, 0) is 27.9 Å². The van der Waals surface area contributed by atoms with Crippen LogP contribution in [-0.4, -0.2) is 69.4 Å². The lowest BCUT2D eigenvalue weighted by Crippen LogP contribution is -2.47. The zero-order valence-electron chi connectivity index (χ0n) is 59.5. The van der Waals surface area contributed by atoms with Gasteiger partial charge in [-0.2, -0.15) is 0 Å². The fourth-order valence-corrected chi connectivity index (χ4v) is 10.9. The van der Waals surface area contributed by atoms with Crippen molar-refractivity contribution in [3.05, 3.63) is 146 Å². The Morgan fingerprint density at radius 3 is 1.05 bits per heavy atom. The van der Waals surface area contributed by atoms with Gasteiger partial charge in [0.25, 0.3) is 7.82 Å². The van der Waals surface area contributed by atoms with Crippen LogP contribution in [0.4, 0.5) is 0 Å². The number of ether oxygens (including phenoxy) is 1. The van der Waals surface area contributed by atoms with Crippen molar-refractivity contribution in [1.82, 2.24) is 5.32 Å². The van der Waals surface area contributed by atoms with Crippen molar-refractivity contribution in [3.8, 4) is 0 Å². The minimum absolute atomic E-state index is 0.0316. The quantitative estimate of drug-likeness (QED) is 0.0212. The highest BCUT2D eigenvalue weighted by Crippen LogP contribution is 2.38. The number of amides is 1. The second-order valence-electron chi connectivity index (χ2n) is 25.7. The summed E-state index contributed by atoms with van der Waals surface area (Å²) in [5.41, 5.74) is 0. The molecule has 0 bridgehead atoms. The number of unbranched alkanes of at least 4 members (excludes halogenated alkanes) is 28. The number of quaternary nitrogens is 1. The number of nitrogens with one attached hydrogen (secondary N) is 1. The molecule has 0 saturated carbocycles. The fraction of sp³-hybridized carbons (Fsp3) is 0.679. The Kier molecular flexibility index (Phi) is 65.6. The normalized spacial score (nSPS) is 14.3. The standard InChI is InChI=1S/C81H139N2O7P/c1-7-10-13-16-19-22-25-27-29-31-33-35-37-39-41-43-45-47-49-51-53-55-58-61-64-67-70-73-80(84)82-78(77-89-91(86,87)88-76-75-83(4,5)6)79(72-69-66-63-60-57-24-21-18-15-12-9-3)90-81(85)74-71-68-65-62-59-56-54-52-50-48-46-44-42-40-38-36-34-32-30-28-26-23-20-17-14-11-8-2/h10-11,13-14,19-20,22-23,27-30,33-36,39-42,45,47,69,72,78-79H,7-9,12,15-18,21,24-26,31-32,37-38,43-44,46,48-68,70-71,73-77H2,1-6H3,(H-,82,84,86,87)/b13-10-,14-11-,22-19-,23-20-,29-27-,30-28-,35-33-,36-34-,41-39-,42-40-,47-45-,72-69+. The van der Waals surface area contributed by atoms with E-state index < -0.39 is 26.6 Å². The number of rotatable bonds is 66. The molecule has 0 aromatic rings. The van der Waals surface area contributed by atoms with Crippen molar-refractivity contribution in [2.75, 3.05) is 40.9 Å². The molecule has 0 aromatic carbocycles. The van der Waals surface area contributed by atoms with E-state index in [1.54, 1.807) is 0 Å². The third kappa shape index (κ3) is 70.1. The van der Waals surface area contributed by atoms with Crippen LogP contribution in [0.1, 0.15) is 303 Å². The number of phosphoric ester groups is 1. The number of hydrogen-bond donors (Lipinski definition) is 1. The van der Waals surface area contributed by atoms with E-state index in [0.29, 0.717) is 17.4 Å². The summed E-state index contributed by atoms with van der Waals surface area (Å²) >= 11 is 0. The number of carbonyl (C=O) groups is 2. The Morgan fingerprint density at radius 1 is 0.396 bits per heavy atom. The van der Waals surface area contributed by atoms with Gasteiger partial charge < -0.3 is 28.5 Å². The van der Waals surface area contributed by atoms with Crippen molar-refractivity contribution in [3.63, 3.8) is 0 Å². The van der Waals surface area contributed by atoms with Gasteiger partial charge in [-0.15, -0.1) is 0 Å². The smallest absolute Gasteiger partial charge is 0.306 e. The lowest BCUT2D eigenvalue weighted by Gasteiger charge is -2.30. The highest BCUT2D eigenvalue weighted by atomic mass is 31.2. The van der Waals surface area contributed by atoms with E-state index in [1.165, 1.54) is 116 Å². The summed E-state index contributed by atoms with van der Waals surface area (Å²) in [4.78, 5) is 40.2. The average Bonchev–Trinajstić information content (AvgIpc) is 3.08. The number of phosphoric acid groups is 1. The fourth-order valence-electron chi connectivity index (χ4n) is 10.1. The summed E-state index contributed by atoms with van der Waals surface area (Å²) in [6, 6.07) is -0.906. The molecule has 0 aliphatic carbocycles. The van der Waals surface area contributed by atoms with Gasteiger partial charge in [0.05, 0.1) is 33.8 Å². The molecule has 0 aliphatic heterocycles. The van der Waals surface area contributed by atoms with Crippen LogP contribution in [0.5, 0.6) is 0 Å². The predicted molar refractivity (Wildman–Crippen MR) is 394 cm³/mol. The van der Waals surface area contributed by atoms with Crippen LogP contribution in [0.25, 0.3) is 0 Å². The molecular weight excluding hydrogens is 1140 g/mol. The van der Waals surface area contributed by atoms with Crippen molar-refractivity contribution in [1.29, 1.82) is 0 Å². The topological polar surface area (TPSA) is 114 Å². The molecule has 1 amide bonds. The minimum atomic E-state index is -4.72. The highest BCUT2D eigenvalue weighted by Gasteiger charge is 2.27. The third-order valence-electron chi connectivity index (χ3n) is 15.8. The molecule has 0 heterocycles. The molecule has 3 unspecified atom stereocenters. The van der Waals surface area contributed by atoms with Gasteiger partial charge in [-0.1, -0.05) is 308 Å². The van der Waals surface area contributed by atoms with Crippen LogP contribution in [0.15, 0.2) is 146 Å². The molecule has 0 fully saturated rings. The summed E-state index contributed by atoms with van der Waals surface area (Å²) in [5, 5.41) is 3.04. The van der Waals surface area contributed by atoms with Crippen molar-refractivity contribution >= 4 is 19.7 Å². The molecule has 10 heteroatoms. The molecule has 0 saturated heterocycles. The number of allylic oxidation sites excluding steroid dienone is 23. The van der Waals surface area contributed by atoms with E-state index in [4.69, 9.17) is 13.8 Å². The molecule has 520 valence electrons. The van der Waals surface area contributed by atoms with Gasteiger partial charge in [0.15, 0.2) is 0 Å². The second kappa shape index (κ2) is 68.7. The van der Waals surface area contributed by atoms with E-state index in [1.807, 2.05) is 33.3 Å². The van der Waals surface area contributed by atoms with Gasteiger partial charge in [0, 0.05) is 12.8 Å². The van der Waals surface area contributed by atoms with Crippen LogP contribution >= 0.6 is 7.82 Å². The van der Waals surface area contributed by atoms with E-state index in [0.717, 1.165) is 154 Å². The van der Waals surface area contributed by atoms with Gasteiger partial charge in [-0.25, -0.2) is 0 Å². The lowest BCUT2D eigenvalue weighted by atomic mass is 10.0. The van der Waals surface area contributed by atoms with Gasteiger partial charge >= 0.3 is 5.97 Å².